The van der Waals surface area contributed by atoms with E-state index in [4.69, 9.17) is 28.6 Å². The number of benzene rings is 2. The lowest BCUT2D eigenvalue weighted by atomic mass is 9.87. The third-order valence-corrected chi connectivity index (χ3v) is 4.45. The van der Waals surface area contributed by atoms with E-state index in [-0.39, 0.29) is 16.4 Å². The lowest BCUT2D eigenvalue weighted by Gasteiger charge is -2.19. The minimum Gasteiger partial charge on any atom is -0.494 e. The number of nitrogens with one attached hydrogen (secondary N) is 2. The van der Waals surface area contributed by atoms with E-state index in [1.165, 1.54) is 5.56 Å². The molecule has 2 aromatic carbocycles. The SMILES string of the molecule is CC(C)(C)c1ccc(OCCCC(=O)NC(=S)Nc2ccccc2Cl)cc1. The van der Waals surface area contributed by atoms with Crippen LogP contribution in [0.25, 0.3) is 0 Å². The molecule has 0 aliphatic rings. The zero-order valence-corrected chi connectivity index (χ0v) is 17.4. The highest BCUT2D eigenvalue weighted by Crippen LogP contribution is 2.24. The van der Waals surface area contributed by atoms with Crippen LogP contribution in [0.5, 0.6) is 5.75 Å². The molecule has 0 aromatic heterocycles. The van der Waals surface area contributed by atoms with E-state index < -0.39 is 0 Å². The molecule has 2 rings (SSSR count). The molecular formula is C21H25ClN2O2S. The Hall–Kier alpha value is -2.11. The normalized spacial score (nSPS) is 11.0. The van der Waals surface area contributed by atoms with Crippen LogP contribution in [0.1, 0.15) is 39.2 Å². The highest BCUT2D eigenvalue weighted by atomic mass is 35.5. The molecule has 0 saturated heterocycles. The van der Waals surface area contributed by atoms with Crippen LogP contribution in [0.3, 0.4) is 0 Å². The molecule has 1 amide bonds. The molecule has 144 valence electrons. The smallest absolute Gasteiger partial charge is 0.226 e. The average Bonchev–Trinajstić information content (AvgIpc) is 2.60. The first-order valence-electron chi connectivity index (χ1n) is 8.84. The third-order valence-electron chi connectivity index (χ3n) is 3.91. The predicted octanol–water partition coefficient (Wildman–Crippen LogP) is 5.31. The largest absolute Gasteiger partial charge is 0.494 e. The number of halogens is 1. The van der Waals surface area contributed by atoms with Crippen molar-refractivity contribution >= 4 is 40.5 Å². The second-order valence-electron chi connectivity index (χ2n) is 7.21. The second kappa shape index (κ2) is 9.72. The van der Waals surface area contributed by atoms with Crippen LogP contribution in [0, 0.1) is 0 Å². The maximum atomic E-state index is 12.0. The highest BCUT2D eigenvalue weighted by Gasteiger charge is 2.13. The summed E-state index contributed by atoms with van der Waals surface area (Å²) in [6.45, 7) is 6.98. The van der Waals surface area contributed by atoms with Crippen LogP contribution in [0.4, 0.5) is 5.69 Å². The molecule has 0 aliphatic carbocycles. The van der Waals surface area contributed by atoms with Crippen LogP contribution < -0.4 is 15.4 Å². The van der Waals surface area contributed by atoms with E-state index in [9.17, 15) is 4.79 Å². The number of anilines is 1. The fourth-order valence-corrected chi connectivity index (χ4v) is 2.79. The van der Waals surface area contributed by atoms with Gasteiger partial charge in [0.2, 0.25) is 5.91 Å². The van der Waals surface area contributed by atoms with E-state index in [1.54, 1.807) is 12.1 Å². The number of para-hydroxylation sites is 1. The van der Waals surface area contributed by atoms with Gasteiger partial charge in [-0.05, 0) is 53.9 Å². The summed E-state index contributed by atoms with van der Waals surface area (Å²) in [5, 5.41) is 6.33. The zero-order chi connectivity index (χ0) is 19.9. The van der Waals surface area contributed by atoms with Crippen molar-refractivity contribution in [1.29, 1.82) is 0 Å². The van der Waals surface area contributed by atoms with Gasteiger partial charge in [-0.15, -0.1) is 0 Å². The van der Waals surface area contributed by atoms with Crippen molar-refractivity contribution in [3.8, 4) is 5.75 Å². The standard InChI is InChI=1S/C21H25ClN2O2S/c1-21(2,3)15-10-12-16(13-11-15)26-14-6-9-19(25)24-20(27)23-18-8-5-4-7-17(18)22/h4-5,7-8,10-13H,6,9,14H2,1-3H3,(H2,23,24,25,27). The lowest BCUT2D eigenvalue weighted by Crippen LogP contribution is -2.34. The summed E-state index contributed by atoms with van der Waals surface area (Å²) in [7, 11) is 0. The highest BCUT2D eigenvalue weighted by molar-refractivity contribution is 7.80. The number of carbonyl (C=O) groups excluding carboxylic acids is 1. The van der Waals surface area contributed by atoms with Gasteiger partial charge in [0.05, 0.1) is 17.3 Å². The monoisotopic (exact) mass is 404 g/mol. The first-order valence-corrected chi connectivity index (χ1v) is 9.63. The molecule has 0 unspecified atom stereocenters. The number of hydrogen-bond donors (Lipinski definition) is 2. The van der Waals surface area contributed by atoms with Gasteiger partial charge in [0, 0.05) is 6.42 Å². The van der Waals surface area contributed by atoms with Crippen LogP contribution in [0.2, 0.25) is 5.02 Å². The van der Waals surface area contributed by atoms with E-state index in [0.29, 0.717) is 30.2 Å². The van der Waals surface area contributed by atoms with Gasteiger partial charge < -0.3 is 15.4 Å². The first-order chi connectivity index (χ1) is 12.8. The summed E-state index contributed by atoms with van der Waals surface area (Å²) in [6, 6.07) is 15.3. The van der Waals surface area contributed by atoms with Crippen molar-refractivity contribution in [2.75, 3.05) is 11.9 Å². The third kappa shape index (κ3) is 7.19. The maximum Gasteiger partial charge on any atom is 0.226 e. The molecular weight excluding hydrogens is 380 g/mol. The number of rotatable bonds is 6. The molecule has 2 aromatic rings. The average molecular weight is 405 g/mol. The molecule has 0 fully saturated rings. The van der Waals surface area contributed by atoms with Crippen molar-refractivity contribution in [3.63, 3.8) is 0 Å². The van der Waals surface area contributed by atoms with Gasteiger partial charge >= 0.3 is 0 Å². The fraction of sp³-hybridized carbons (Fsp3) is 0.333. The van der Waals surface area contributed by atoms with Crippen LogP contribution in [0.15, 0.2) is 48.5 Å². The van der Waals surface area contributed by atoms with Gasteiger partial charge in [-0.2, -0.15) is 0 Å². The second-order valence-corrected chi connectivity index (χ2v) is 8.02. The van der Waals surface area contributed by atoms with Crippen LogP contribution in [-0.4, -0.2) is 17.6 Å². The van der Waals surface area contributed by atoms with Gasteiger partial charge in [-0.1, -0.05) is 56.6 Å². The van der Waals surface area contributed by atoms with E-state index >= 15 is 0 Å². The Labute approximate surface area is 171 Å². The zero-order valence-electron chi connectivity index (χ0n) is 15.8. The first kappa shape index (κ1) is 21.2. The van der Waals surface area contributed by atoms with Crippen LogP contribution in [-0.2, 0) is 10.2 Å². The quantitative estimate of drug-likeness (QED) is 0.506. The molecule has 0 bridgehead atoms. The lowest BCUT2D eigenvalue weighted by molar-refractivity contribution is -0.119. The van der Waals surface area contributed by atoms with Gasteiger partial charge in [0.15, 0.2) is 5.11 Å². The topological polar surface area (TPSA) is 50.4 Å². The number of carbonyl (C=O) groups is 1. The van der Waals surface area contributed by atoms with Crippen molar-refractivity contribution in [2.24, 2.45) is 0 Å². The van der Waals surface area contributed by atoms with Gasteiger partial charge in [-0.25, -0.2) is 0 Å². The van der Waals surface area contributed by atoms with E-state index in [1.807, 2.05) is 24.3 Å². The van der Waals surface area contributed by atoms with Gasteiger partial charge in [0.25, 0.3) is 0 Å². The number of amides is 1. The van der Waals surface area contributed by atoms with Crippen molar-refractivity contribution in [2.45, 2.75) is 39.0 Å². The molecule has 6 heteroatoms. The Morgan fingerprint density at radius 1 is 1.11 bits per heavy atom. The Bertz CT molecular complexity index is 786. The molecule has 0 radical (unpaired) electrons. The summed E-state index contributed by atoms with van der Waals surface area (Å²) in [6.07, 6.45) is 0.923. The fourth-order valence-electron chi connectivity index (χ4n) is 2.38. The molecule has 0 spiro atoms. The minimum absolute atomic E-state index is 0.118. The molecule has 4 nitrogen and oxygen atoms in total. The summed E-state index contributed by atoms with van der Waals surface area (Å²) in [5.41, 5.74) is 2.04. The Morgan fingerprint density at radius 2 is 1.78 bits per heavy atom. The molecule has 2 N–H and O–H groups in total. The number of thiocarbonyl (C=S) groups is 1. The predicted molar refractivity (Wildman–Crippen MR) is 116 cm³/mol. The Balaban J connectivity index is 1.68. The summed E-state index contributed by atoms with van der Waals surface area (Å²) >= 11 is 11.2. The number of hydrogen-bond acceptors (Lipinski definition) is 3. The number of ether oxygens (including phenoxy) is 1. The van der Waals surface area contributed by atoms with Gasteiger partial charge in [-0.3, -0.25) is 4.79 Å². The summed E-state index contributed by atoms with van der Waals surface area (Å²) in [5.74, 6) is 0.644. The van der Waals surface area contributed by atoms with E-state index in [0.717, 1.165) is 5.75 Å². The van der Waals surface area contributed by atoms with Gasteiger partial charge in [0.1, 0.15) is 5.75 Å². The Kier molecular flexibility index (Phi) is 7.63. The van der Waals surface area contributed by atoms with E-state index in [2.05, 4.69) is 43.5 Å². The van der Waals surface area contributed by atoms with Crippen molar-refractivity contribution < 1.29 is 9.53 Å². The molecule has 0 saturated carbocycles. The summed E-state index contributed by atoms with van der Waals surface area (Å²) in [4.78, 5) is 12.0. The molecule has 0 heterocycles. The van der Waals surface area contributed by atoms with Crippen molar-refractivity contribution in [1.82, 2.24) is 5.32 Å². The maximum absolute atomic E-state index is 12.0. The van der Waals surface area contributed by atoms with Crippen molar-refractivity contribution in [3.05, 3.63) is 59.1 Å². The molecule has 0 atom stereocenters. The molecule has 0 aliphatic heterocycles. The minimum atomic E-state index is -0.161. The summed E-state index contributed by atoms with van der Waals surface area (Å²) < 4.78 is 5.69. The Morgan fingerprint density at radius 3 is 2.41 bits per heavy atom. The van der Waals surface area contributed by atoms with Crippen LogP contribution >= 0.6 is 23.8 Å². The molecule has 27 heavy (non-hydrogen) atoms.